The van der Waals surface area contributed by atoms with Gasteiger partial charge in [0.25, 0.3) is 5.91 Å². The van der Waals surface area contributed by atoms with E-state index in [1.807, 2.05) is 24.3 Å². The lowest BCUT2D eigenvalue weighted by atomic mass is 10.2. The van der Waals surface area contributed by atoms with Gasteiger partial charge >= 0.3 is 0 Å². The Hall–Kier alpha value is -1.30. The number of amides is 1. The maximum absolute atomic E-state index is 12.1. The van der Waals surface area contributed by atoms with Crippen LogP contribution in [0, 0.1) is 0 Å². The predicted molar refractivity (Wildman–Crippen MR) is 80.1 cm³/mol. The summed E-state index contributed by atoms with van der Waals surface area (Å²) < 4.78 is 5.09. The molecule has 0 spiro atoms. The monoisotopic (exact) mass is 297 g/mol. The number of nitrogens with zero attached hydrogens (tertiary/aromatic N) is 2. The van der Waals surface area contributed by atoms with E-state index in [9.17, 15) is 4.79 Å². The molecule has 0 aliphatic carbocycles. The Kier molecular flexibility index (Phi) is 5.23. The quantitative estimate of drug-likeness (QED) is 0.899. The van der Waals surface area contributed by atoms with Crippen LogP contribution in [0.5, 0.6) is 0 Å². The molecule has 1 amide bonds. The Labute approximate surface area is 124 Å². The molecule has 1 aromatic rings. The Morgan fingerprint density at radius 1 is 1.35 bits per heavy atom. The molecule has 1 saturated heterocycles. The summed E-state index contributed by atoms with van der Waals surface area (Å²) in [7, 11) is 1.51. The van der Waals surface area contributed by atoms with Crippen LogP contribution in [0.4, 0.5) is 5.69 Å². The molecule has 1 aliphatic rings. The zero-order valence-corrected chi connectivity index (χ0v) is 12.3. The highest BCUT2D eigenvalue weighted by atomic mass is 35.5. The van der Waals surface area contributed by atoms with Gasteiger partial charge in [0.05, 0.1) is 10.7 Å². The normalized spacial score (nSPS) is 17.1. The average Bonchev–Trinajstić information content (AvgIpc) is 2.49. The minimum absolute atomic E-state index is 0.0335. The fraction of sp³-hybridized carbons (Fsp3) is 0.500. The number of hydrogen-bond acceptors (Lipinski definition) is 4. The summed E-state index contributed by atoms with van der Waals surface area (Å²) in [5, 5.41) is 0.740. The van der Waals surface area contributed by atoms with Crippen LogP contribution >= 0.6 is 11.6 Å². The Bertz CT molecular complexity index is 457. The van der Waals surface area contributed by atoms with Crippen LogP contribution in [0.3, 0.4) is 0 Å². The first kappa shape index (κ1) is 15.1. The number of piperazine rings is 1. The van der Waals surface area contributed by atoms with E-state index in [1.54, 1.807) is 4.90 Å². The van der Waals surface area contributed by atoms with E-state index in [-0.39, 0.29) is 12.5 Å². The Morgan fingerprint density at radius 2 is 2.00 bits per heavy atom. The van der Waals surface area contributed by atoms with E-state index < -0.39 is 6.10 Å². The minimum Gasteiger partial charge on any atom is -0.370 e. The topological polar surface area (TPSA) is 58.8 Å². The van der Waals surface area contributed by atoms with Crippen molar-refractivity contribution in [2.45, 2.75) is 6.10 Å². The third kappa shape index (κ3) is 3.23. The molecule has 1 aliphatic heterocycles. The predicted octanol–water partition coefficient (Wildman–Crippen LogP) is 0.962. The summed E-state index contributed by atoms with van der Waals surface area (Å²) in [6.07, 6.45) is -0.540. The molecule has 1 unspecified atom stereocenters. The maximum Gasteiger partial charge on any atom is 0.253 e. The molecule has 0 saturated carbocycles. The molecule has 1 aromatic carbocycles. The average molecular weight is 298 g/mol. The number of carbonyl (C=O) groups is 1. The summed E-state index contributed by atoms with van der Waals surface area (Å²) in [6.45, 7) is 3.04. The largest absolute Gasteiger partial charge is 0.370 e. The van der Waals surface area contributed by atoms with E-state index in [0.717, 1.165) is 23.8 Å². The van der Waals surface area contributed by atoms with E-state index >= 15 is 0 Å². The number of ether oxygens (including phenoxy) is 1. The molecule has 2 N–H and O–H groups in total. The van der Waals surface area contributed by atoms with Gasteiger partial charge < -0.3 is 20.3 Å². The Balaban J connectivity index is 1.96. The molecule has 2 rings (SSSR count). The molecule has 1 atom stereocenters. The Morgan fingerprint density at radius 3 is 2.55 bits per heavy atom. The van der Waals surface area contributed by atoms with Gasteiger partial charge in [-0.1, -0.05) is 23.7 Å². The molecular weight excluding hydrogens is 278 g/mol. The molecule has 6 heteroatoms. The summed E-state index contributed by atoms with van der Waals surface area (Å²) in [5.74, 6) is -0.0335. The number of benzene rings is 1. The second-order valence-electron chi connectivity index (χ2n) is 4.72. The van der Waals surface area contributed by atoms with Gasteiger partial charge in [0, 0.05) is 39.8 Å². The summed E-state index contributed by atoms with van der Waals surface area (Å²) in [6, 6.07) is 7.76. The number of nitrogens with two attached hydrogens (primary N) is 1. The van der Waals surface area contributed by atoms with Crippen molar-refractivity contribution >= 4 is 23.2 Å². The van der Waals surface area contributed by atoms with Crippen molar-refractivity contribution in [3.8, 4) is 0 Å². The van der Waals surface area contributed by atoms with Crippen LogP contribution in [0.1, 0.15) is 0 Å². The minimum atomic E-state index is -0.540. The third-order valence-electron chi connectivity index (χ3n) is 3.56. The zero-order valence-electron chi connectivity index (χ0n) is 11.6. The molecule has 1 heterocycles. The fourth-order valence-electron chi connectivity index (χ4n) is 2.38. The van der Waals surface area contributed by atoms with Crippen molar-refractivity contribution < 1.29 is 9.53 Å². The molecule has 20 heavy (non-hydrogen) atoms. The number of carbonyl (C=O) groups excluding carboxylic acids is 1. The number of hydrogen-bond donors (Lipinski definition) is 1. The second-order valence-corrected chi connectivity index (χ2v) is 5.13. The highest BCUT2D eigenvalue weighted by molar-refractivity contribution is 6.33. The van der Waals surface area contributed by atoms with Gasteiger partial charge in [0.15, 0.2) is 0 Å². The van der Waals surface area contributed by atoms with Gasteiger partial charge in [-0.3, -0.25) is 4.79 Å². The van der Waals surface area contributed by atoms with Crippen LogP contribution in [-0.2, 0) is 9.53 Å². The smallest absolute Gasteiger partial charge is 0.253 e. The maximum atomic E-state index is 12.1. The molecule has 0 radical (unpaired) electrons. The summed E-state index contributed by atoms with van der Waals surface area (Å²) >= 11 is 6.19. The molecule has 5 nitrogen and oxygen atoms in total. The van der Waals surface area contributed by atoms with Crippen LogP contribution in [-0.4, -0.2) is 56.7 Å². The van der Waals surface area contributed by atoms with Crippen molar-refractivity contribution in [1.82, 2.24) is 4.90 Å². The van der Waals surface area contributed by atoms with Gasteiger partial charge in [-0.2, -0.15) is 0 Å². The van der Waals surface area contributed by atoms with Gasteiger partial charge in [-0.05, 0) is 12.1 Å². The van der Waals surface area contributed by atoms with Crippen LogP contribution in [0.25, 0.3) is 0 Å². The van der Waals surface area contributed by atoms with E-state index in [4.69, 9.17) is 22.1 Å². The lowest BCUT2D eigenvalue weighted by Crippen LogP contribution is -2.53. The standard InChI is InChI=1S/C14H20ClN3O2/c1-20-13(10-16)14(19)18-8-6-17(7-9-18)12-5-3-2-4-11(12)15/h2-5,13H,6-10,16H2,1H3. The van der Waals surface area contributed by atoms with Gasteiger partial charge in [-0.15, -0.1) is 0 Å². The SMILES string of the molecule is COC(CN)C(=O)N1CCN(c2ccccc2Cl)CC1. The van der Waals surface area contributed by atoms with Gasteiger partial charge in [0.1, 0.15) is 6.10 Å². The van der Waals surface area contributed by atoms with Gasteiger partial charge in [-0.25, -0.2) is 0 Å². The molecule has 0 aromatic heterocycles. The highest BCUT2D eigenvalue weighted by Crippen LogP contribution is 2.26. The van der Waals surface area contributed by atoms with Gasteiger partial charge in [0.2, 0.25) is 0 Å². The number of anilines is 1. The first-order valence-corrected chi connectivity index (χ1v) is 7.06. The van der Waals surface area contributed by atoms with Crippen molar-refractivity contribution in [3.05, 3.63) is 29.3 Å². The highest BCUT2D eigenvalue weighted by Gasteiger charge is 2.27. The number of rotatable bonds is 4. The number of para-hydroxylation sites is 1. The van der Waals surface area contributed by atoms with Crippen LogP contribution in [0.2, 0.25) is 5.02 Å². The summed E-state index contributed by atoms with van der Waals surface area (Å²) in [5.41, 5.74) is 6.55. The third-order valence-corrected chi connectivity index (χ3v) is 3.88. The van der Waals surface area contributed by atoms with Crippen LogP contribution in [0.15, 0.2) is 24.3 Å². The lowest BCUT2D eigenvalue weighted by molar-refractivity contribution is -0.141. The second kappa shape index (κ2) is 6.92. The van der Waals surface area contributed by atoms with E-state index in [0.29, 0.717) is 13.1 Å². The zero-order chi connectivity index (χ0) is 14.5. The van der Waals surface area contributed by atoms with Crippen molar-refractivity contribution in [2.75, 3.05) is 44.7 Å². The lowest BCUT2D eigenvalue weighted by Gasteiger charge is -2.37. The molecular formula is C14H20ClN3O2. The molecule has 0 bridgehead atoms. The van der Waals surface area contributed by atoms with E-state index in [1.165, 1.54) is 7.11 Å². The van der Waals surface area contributed by atoms with Crippen molar-refractivity contribution in [1.29, 1.82) is 0 Å². The number of methoxy groups -OCH3 is 1. The van der Waals surface area contributed by atoms with Crippen molar-refractivity contribution in [3.63, 3.8) is 0 Å². The fourth-order valence-corrected chi connectivity index (χ4v) is 2.63. The molecule has 1 fully saturated rings. The molecule has 110 valence electrons. The van der Waals surface area contributed by atoms with Crippen molar-refractivity contribution in [2.24, 2.45) is 5.73 Å². The van der Waals surface area contributed by atoms with Crippen LogP contribution < -0.4 is 10.6 Å². The first-order valence-electron chi connectivity index (χ1n) is 6.68. The number of halogens is 1. The summed E-state index contributed by atoms with van der Waals surface area (Å²) in [4.78, 5) is 16.1. The first-order chi connectivity index (χ1) is 9.67. The van der Waals surface area contributed by atoms with E-state index in [2.05, 4.69) is 4.90 Å².